The van der Waals surface area contributed by atoms with Gasteiger partial charge in [-0.25, -0.2) is 0 Å². The van der Waals surface area contributed by atoms with E-state index in [0.717, 1.165) is 19.4 Å². The number of hydrogen-bond donors (Lipinski definition) is 2. The summed E-state index contributed by atoms with van der Waals surface area (Å²) in [5.74, 6) is 0. The van der Waals surface area contributed by atoms with Crippen molar-refractivity contribution in [1.82, 2.24) is 10.6 Å². The van der Waals surface area contributed by atoms with E-state index in [0.29, 0.717) is 6.04 Å². The van der Waals surface area contributed by atoms with Gasteiger partial charge in [0.25, 0.3) is 0 Å². The fourth-order valence-corrected chi connectivity index (χ4v) is 1.02. The van der Waals surface area contributed by atoms with E-state index in [2.05, 4.69) is 17.6 Å². The Kier molecular flexibility index (Phi) is 2.19. The van der Waals surface area contributed by atoms with Crippen molar-refractivity contribution in [3.63, 3.8) is 0 Å². The predicted molar refractivity (Wildman–Crippen MR) is 35.1 cm³/mol. The van der Waals surface area contributed by atoms with Crippen LogP contribution in [0.2, 0.25) is 0 Å². The quantitative estimate of drug-likeness (QED) is 0.467. The Hall–Kier alpha value is -0.410. The molecule has 2 unspecified atom stereocenters. The zero-order chi connectivity index (χ0) is 6.69. The van der Waals surface area contributed by atoms with Crippen LogP contribution in [0.1, 0.15) is 13.3 Å². The van der Waals surface area contributed by atoms with Crippen molar-refractivity contribution in [3.8, 4) is 0 Å². The number of nitrogens with one attached hydrogen (secondary N) is 2. The van der Waals surface area contributed by atoms with Crippen LogP contribution < -0.4 is 10.6 Å². The molecule has 1 heterocycles. The Bertz CT molecular complexity index is 105. The van der Waals surface area contributed by atoms with Crippen LogP contribution in [0.25, 0.3) is 0 Å². The molecule has 1 rings (SSSR count). The Balaban J connectivity index is 2.31. The van der Waals surface area contributed by atoms with Crippen molar-refractivity contribution < 1.29 is 4.79 Å². The average molecular weight is 128 g/mol. The predicted octanol–water partition coefficient (Wildman–Crippen LogP) is -0.517. The van der Waals surface area contributed by atoms with Gasteiger partial charge in [0.2, 0.25) is 0 Å². The fourth-order valence-electron chi connectivity index (χ4n) is 1.02. The van der Waals surface area contributed by atoms with Gasteiger partial charge in [0.15, 0.2) is 0 Å². The minimum atomic E-state index is 0.0706. The lowest BCUT2D eigenvalue weighted by atomic mass is 10.1. The van der Waals surface area contributed by atoms with E-state index in [9.17, 15) is 4.79 Å². The van der Waals surface area contributed by atoms with E-state index in [1.54, 1.807) is 0 Å². The van der Waals surface area contributed by atoms with E-state index in [1.165, 1.54) is 0 Å². The topological polar surface area (TPSA) is 41.1 Å². The lowest BCUT2D eigenvalue weighted by Gasteiger charge is -2.25. The Morgan fingerprint density at radius 2 is 2.33 bits per heavy atom. The van der Waals surface area contributed by atoms with E-state index < -0.39 is 0 Å². The first kappa shape index (κ1) is 6.71. The molecule has 0 saturated carbocycles. The molecule has 1 fully saturated rings. The summed E-state index contributed by atoms with van der Waals surface area (Å²) in [6, 6.07) is 0.544. The Morgan fingerprint density at radius 1 is 1.56 bits per heavy atom. The van der Waals surface area contributed by atoms with Crippen molar-refractivity contribution in [1.29, 1.82) is 0 Å². The molecule has 1 saturated heterocycles. The number of hydrogen-bond acceptors (Lipinski definition) is 3. The first-order chi connectivity index (χ1) is 4.33. The van der Waals surface area contributed by atoms with Crippen molar-refractivity contribution in [2.75, 3.05) is 6.67 Å². The van der Waals surface area contributed by atoms with Crippen LogP contribution in [0.4, 0.5) is 0 Å². The summed E-state index contributed by atoms with van der Waals surface area (Å²) in [6.07, 6.45) is 1.88. The molecular formula is C6H12N2O. The van der Waals surface area contributed by atoms with Crippen LogP contribution in [0.3, 0.4) is 0 Å². The number of aldehydes is 1. The molecule has 0 aliphatic carbocycles. The highest BCUT2D eigenvalue weighted by atomic mass is 16.1. The van der Waals surface area contributed by atoms with Crippen LogP contribution in [0.5, 0.6) is 0 Å². The molecule has 9 heavy (non-hydrogen) atoms. The number of rotatable bonds is 1. The van der Waals surface area contributed by atoms with Crippen molar-refractivity contribution in [2.24, 2.45) is 0 Å². The highest BCUT2D eigenvalue weighted by molar-refractivity contribution is 5.57. The summed E-state index contributed by atoms with van der Waals surface area (Å²) in [6.45, 7) is 2.84. The molecule has 0 aromatic heterocycles. The molecule has 2 atom stereocenters. The molecule has 0 aromatic carbocycles. The summed E-state index contributed by atoms with van der Waals surface area (Å²) < 4.78 is 0. The van der Waals surface area contributed by atoms with Gasteiger partial charge in [-0.3, -0.25) is 5.32 Å². The second-order valence-electron chi connectivity index (χ2n) is 2.46. The maximum atomic E-state index is 10.2. The molecular weight excluding hydrogens is 116 g/mol. The summed E-state index contributed by atoms with van der Waals surface area (Å²) in [5, 5.41) is 6.20. The van der Waals surface area contributed by atoms with Crippen LogP contribution in [-0.2, 0) is 4.79 Å². The highest BCUT2D eigenvalue weighted by Gasteiger charge is 2.15. The SMILES string of the molecule is CC1CC(C=O)NCN1. The summed E-state index contributed by atoms with van der Waals surface area (Å²) in [5.41, 5.74) is 0. The van der Waals surface area contributed by atoms with E-state index in [-0.39, 0.29) is 6.04 Å². The average Bonchev–Trinajstić information content (AvgIpc) is 1.88. The first-order valence-corrected chi connectivity index (χ1v) is 3.25. The van der Waals surface area contributed by atoms with E-state index >= 15 is 0 Å². The van der Waals surface area contributed by atoms with Crippen molar-refractivity contribution in [3.05, 3.63) is 0 Å². The molecule has 1 aliphatic heterocycles. The second kappa shape index (κ2) is 2.94. The van der Waals surface area contributed by atoms with Gasteiger partial charge in [-0.1, -0.05) is 0 Å². The fraction of sp³-hybridized carbons (Fsp3) is 0.833. The number of carbonyl (C=O) groups excluding carboxylic acids is 1. The van der Waals surface area contributed by atoms with Crippen LogP contribution >= 0.6 is 0 Å². The molecule has 2 N–H and O–H groups in total. The molecule has 0 spiro atoms. The minimum absolute atomic E-state index is 0.0706. The molecule has 0 amide bonds. The Labute approximate surface area is 54.8 Å². The Morgan fingerprint density at radius 3 is 2.78 bits per heavy atom. The van der Waals surface area contributed by atoms with Crippen molar-refractivity contribution >= 4 is 6.29 Å². The molecule has 3 heteroatoms. The molecule has 0 aromatic rings. The maximum absolute atomic E-state index is 10.2. The molecule has 52 valence electrons. The molecule has 0 bridgehead atoms. The summed E-state index contributed by atoms with van der Waals surface area (Å²) in [4.78, 5) is 10.2. The van der Waals surface area contributed by atoms with Gasteiger partial charge < -0.3 is 10.1 Å². The van der Waals surface area contributed by atoms with Gasteiger partial charge in [-0.15, -0.1) is 0 Å². The van der Waals surface area contributed by atoms with Gasteiger partial charge in [0.1, 0.15) is 6.29 Å². The largest absolute Gasteiger partial charge is 0.302 e. The van der Waals surface area contributed by atoms with Crippen LogP contribution in [0, 0.1) is 0 Å². The number of carbonyl (C=O) groups is 1. The minimum Gasteiger partial charge on any atom is -0.302 e. The normalized spacial score (nSPS) is 36.1. The third-order valence-corrected chi connectivity index (χ3v) is 1.59. The van der Waals surface area contributed by atoms with E-state index in [1.807, 2.05) is 0 Å². The molecule has 1 aliphatic rings. The summed E-state index contributed by atoms with van der Waals surface area (Å²) >= 11 is 0. The van der Waals surface area contributed by atoms with Crippen LogP contribution in [-0.4, -0.2) is 25.0 Å². The second-order valence-corrected chi connectivity index (χ2v) is 2.46. The van der Waals surface area contributed by atoms with E-state index in [4.69, 9.17) is 0 Å². The highest BCUT2D eigenvalue weighted by Crippen LogP contribution is 1.98. The van der Waals surface area contributed by atoms with Gasteiger partial charge in [-0.05, 0) is 13.3 Å². The zero-order valence-corrected chi connectivity index (χ0v) is 5.55. The molecule has 3 nitrogen and oxygen atoms in total. The smallest absolute Gasteiger partial charge is 0.136 e. The lowest BCUT2D eigenvalue weighted by molar-refractivity contribution is -0.110. The third-order valence-electron chi connectivity index (χ3n) is 1.59. The third kappa shape index (κ3) is 1.77. The zero-order valence-electron chi connectivity index (χ0n) is 5.55. The lowest BCUT2D eigenvalue weighted by Crippen LogP contribution is -2.50. The maximum Gasteiger partial charge on any atom is 0.136 e. The van der Waals surface area contributed by atoms with Gasteiger partial charge in [0, 0.05) is 12.7 Å². The van der Waals surface area contributed by atoms with Crippen molar-refractivity contribution in [2.45, 2.75) is 25.4 Å². The first-order valence-electron chi connectivity index (χ1n) is 3.25. The monoisotopic (exact) mass is 128 g/mol. The van der Waals surface area contributed by atoms with Gasteiger partial charge in [0.05, 0.1) is 6.04 Å². The standard InChI is InChI=1S/C6H12N2O/c1-5-2-6(3-9)8-4-7-5/h3,5-8H,2,4H2,1H3. The van der Waals surface area contributed by atoms with Gasteiger partial charge >= 0.3 is 0 Å². The van der Waals surface area contributed by atoms with Gasteiger partial charge in [-0.2, -0.15) is 0 Å². The summed E-state index contributed by atoms with van der Waals surface area (Å²) in [7, 11) is 0. The van der Waals surface area contributed by atoms with Crippen LogP contribution in [0.15, 0.2) is 0 Å². The molecule has 0 radical (unpaired) electrons.